The fourth-order valence-corrected chi connectivity index (χ4v) is 4.47. The van der Waals surface area contributed by atoms with Gasteiger partial charge in [-0.2, -0.15) is 14.9 Å². The minimum Gasteiger partial charge on any atom is -0.486 e. The first-order valence-corrected chi connectivity index (χ1v) is 11.8. The fraction of sp³-hybridized carbons (Fsp3) is 0.304. The number of hydrogen-bond acceptors (Lipinski definition) is 9. The third-order valence-corrected chi connectivity index (χ3v) is 6.06. The molecule has 0 spiro atoms. The highest BCUT2D eigenvalue weighted by atomic mass is 32.2. The average Bonchev–Trinajstić information content (AvgIpc) is 3.46. The molecule has 0 radical (unpaired) electrons. The molecule has 0 atom stereocenters. The molecule has 0 saturated heterocycles. The number of furan rings is 1. The Morgan fingerprint density at radius 2 is 1.89 bits per heavy atom. The summed E-state index contributed by atoms with van der Waals surface area (Å²) in [6, 6.07) is 9.71. The highest BCUT2D eigenvalue weighted by molar-refractivity contribution is 7.98. The van der Waals surface area contributed by atoms with Crippen LogP contribution in [0.25, 0.3) is 0 Å². The predicted molar refractivity (Wildman–Crippen MR) is 131 cm³/mol. The molecular formula is C23H25N7O4S. The molecule has 1 aromatic carbocycles. The van der Waals surface area contributed by atoms with E-state index in [0.717, 1.165) is 16.9 Å². The first kappa shape index (κ1) is 24.2. The Kier molecular flexibility index (Phi) is 7.01. The summed E-state index contributed by atoms with van der Waals surface area (Å²) in [5.74, 6) is 2.94. The van der Waals surface area contributed by atoms with Crippen LogP contribution in [-0.4, -0.2) is 35.8 Å². The molecule has 182 valence electrons. The van der Waals surface area contributed by atoms with Gasteiger partial charge in [-0.3, -0.25) is 14.8 Å². The van der Waals surface area contributed by atoms with Crippen LogP contribution in [0.2, 0.25) is 0 Å². The van der Waals surface area contributed by atoms with Gasteiger partial charge in [0.15, 0.2) is 5.82 Å². The summed E-state index contributed by atoms with van der Waals surface area (Å²) in [4.78, 5) is 10.8. The van der Waals surface area contributed by atoms with Crippen LogP contribution in [-0.2, 0) is 12.5 Å². The molecule has 0 aliphatic rings. The number of hydrogen-bond donors (Lipinski definition) is 0. The summed E-state index contributed by atoms with van der Waals surface area (Å²) in [7, 11) is 0. The van der Waals surface area contributed by atoms with Gasteiger partial charge in [-0.05, 0) is 70.0 Å². The normalized spacial score (nSPS) is 11.5. The van der Waals surface area contributed by atoms with E-state index in [1.54, 1.807) is 36.3 Å². The standard InChI is InChI=1S/C23H25N7O4S/c1-14-8-15(2)10-21(9-14)33-12-20-7-6-19(34-20)11-24-29-18(5)25-26-23(29)35-13-28-17(4)22(30(31)32)16(3)27-28/h6-11H,12-13H2,1-5H3/b24-11-. The second-order valence-corrected chi connectivity index (χ2v) is 8.96. The molecule has 0 unspecified atom stereocenters. The lowest BCUT2D eigenvalue weighted by molar-refractivity contribution is -0.386. The number of ether oxygens (including phenoxy) is 1. The van der Waals surface area contributed by atoms with Crippen molar-refractivity contribution in [2.24, 2.45) is 5.10 Å². The SMILES string of the molecule is Cc1cc(C)cc(OCc2ccc(/C=N\n3c(C)nnc3SCn3nc(C)c([N+](=O)[O-])c3C)o2)c1. The zero-order valence-electron chi connectivity index (χ0n) is 20.1. The topological polar surface area (TPSA) is 126 Å². The maximum absolute atomic E-state index is 11.2. The lowest BCUT2D eigenvalue weighted by Gasteiger charge is -2.06. The van der Waals surface area contributed by atoms with Crippen molar-refractivity contribution >= 4 is 23.7 Å². The van der Waals surface area contributed by atoms with Gasteiger partial charge in [-0.15, -0.1) is 10.2 Å². The number of rotatable bonds is 9. The number of benzene rings is 1. The van der Waals surface area contributed by atoms with Crippen LogP contribution >= 0.6 is 11.8 Å². The largest absolute Gasteiger partial charge is 0.486 e. The van der Waals surface area contributed by atoms with Crippen LogP contribution in [0, 0.1) is 44.7 Å². The van der Waals surface area contributed by atoms with Gasteiger partial charge in [0.25, 0.3) is 0 Å². The Morgan fingerprint density at radius 3 is 2.57 bits per heavy atom. The van der Waals surface area contributed by atoms with E-state index in [9.17, 15) is 10.1 Å². The Morgan fingerprint density at radius 1 is 1.14 bits per heavy atom. The Bertz CT molecular complexity index is 1380. The van der Waals surface area contributed by atoms with Gasteiger partial charge in [0.05, 0.1) is 17.0 Å². The zero-order chi connectivity index (χ0) is 25.1. The van der Waals surface area contributed by atoms with Crippen molar-refractivity contribution < 1.29 is 14.1 Å². The predicted octanol–water partition coefficient (Wildman–Crippen LogP) is 4.73. The van der Waals surface area contributed by atoms with E-state index in [1.165, 1.54) is 11.8 Å². The van der Waals surface area contributed by atoms with Crippen molar-refractivity contribution in [3.8, 4) is 5.75 Å². The van der Waals surface area contributed by atoms with Gasteiger partial charge in [-0.1, -0.05) is 17.8 Å². The third kappa shape index (κ3) is 5.60. The average molecular weight is 496 g/mol. The first-order valence-electron chi connectivity index (χ1n) is 10.8. The van der Waals surface area contributed by atoms with Crippen LogP contribution in [0.15, 0.2) is 45.0 Å². The minimum atomic E-state index is -0.416. The van der Waals surface area contributed by atoms with Gasteiger partial charge in [0, 0.05) is 0 Å². The van der Waals surface area contributed by atoms with E-state index < -0.39 is 4.92 Å². The van der Waals surface area contributed by atoms with E-state index >= 15 is 0 Å². The quantitative estimate of drug-likeness (QED) is 0.141. The van der Waals surface area contributed by atoms with Gasteiger partial charge in [0.1, 0.15) is 35.3 Å². The van der Waals surface area contributed by atoms with Crippen LogP contribution in [0.5, 0.6) is 5.75 Å². The van der Waals surface area contributed by atoms with Gasteiger partial charge in [0.2, 0.25) is 5.16 Å². The van der Waals surface area contributed by atoms with Crippen LogP contribution in [0.1, 0.15) is 39.9 Å². The molecule has 0 saturated carbocycles. The van der Waals surface area contributed by atoms with Gasteiger partial charge < -0.3 is 9.15 Å². The highest BCUT2D eigenvalue weighted by Crippen LogP contribution is 2.26. The molecule has 0 aliphatic carbocycles. The van der Waals surface area contributed by atoms with Crippen LogP contribution in [0.4, 0.5) is 5.69 Å². The number of thioether (sulfide) groups is 1. The molecule has 35 heavy (non-hydrogen) atoms. The molecule has 0 amide bonds. The molecule has 3 aromatic heterocycles. The minimum absolute atomic E-state index is 0.0244. The number of nitro groups is 1. The van der Waals surface area contributed by atoms with Crippen LogP contribution < -0.4 is 4.74 Å². The Hall–Kier alpha value is -3.93. The van der Waals surface area contributed by atoms with E-state index in [4.69, 9.17) is 9.15 Å². The number of nitrogens with zero attached hydrogens (tertiary/aromatic N) is 7. The summed E-state index contributed by atoms with van der Waals surface area (Å²) in [5, 5.41) is 28.7. The maximum Gasteiger partial charge on any atom is 0.312 e. The van der Waals surface area contributed by atoms with E-state index in [2.05, 4.69) is 26.5 Å². The summed E-state index contributed by atoms with van der Waals surface area (Å²) >= 11 is 1.32. The maximum atomic E-state index is 11.2. The highest BCUT2D eigenvalue weighted by Gasteiger charge is 2.22. The lowest BCUT2D eigenvalue weighted by atomic mass is 10.1. The van der Waals surface area contributed by atoms with Crippen molar-refractivity contribution in [3.05, 3.63) is 80.3 Å². The molecule has 12 heteroatoms. The second-order valence-electron chi connectivity index (χ2n) is 8.05. The summed E-state index contributed by atoms with van der Waals surface area (Å²) in [6.07, 6.45) is 1.58. The molecule has 0 aliphatic heterocycles. The van der Waals surface area contributed by atoms with Crippen molar-refractivity contribution in [1.29, 1.82) is 0 Å². The van der Waals surface area contributed by atoms with E-state index in [0.29, 0.717) is 46.4 Å². The summed E-state index contributed by atoms with van der Waals surface area (Å²) in [6.45, 7) is 9.44. The molecule has 0 fully saturated rings. The molecule has 0 N–H and O–H groups in total. The van der Waals surface area contributed by atoms with E-state index in [1.807, 2.05) is 38.1 Å². The molecule has 0 bridgehead atoms. The Labute approximate surface area is 206 Å². The smallest absolute Gasteiger partial charge is 0.312 e. The zero-order valence-corrected chi connectivity index (χ0v) is 20.9. The molecule has 11 nitrogen and oxygen atoms in total. The summed E-state index contributed by atoms with van der Waals surface area (Å²) in [5.41, 5.74) is 3.16. The molecule has 3 heterocycles. The van der Waals surface area contributed by atoms with Crippen molar-refractivity contribution in [2.75, 3.05) is 0 Å². The fourth-order valence-electron chi connectivity index (χ4n) is 3.58. The van der Waals surface area contributed by atoms with Gasteiger partial charge >= 0.3 is 5.69 Å². The Balaban J connectivity index is 1.41. The van der Waals surface area contributed by atoms with Crippen molar-refractivity contribution in [3.63, 3.8) is 0 Å². The number of aryl methyl sites for hydroxylation is 4. The lowest BCUT2D eigenvalue weighted by Crippen LogP contribution is -2.02. The summed E-state index contributed by atoms with van der Waals surface area (Å²) < 4.78 is 14.8. The van der Waals surface area contributed by atoms with E-state index in [-0.39, 0.29) is 5.69 Å². The molecule has 4 rings (SSSR count). The first-order chi connectivity index (χ1) is 16.7. The second kappa shape index (κ2) is 10.1. The van der Waals surface area contributed by atoms with Gasteiger partial charge in [-0.25, -0.2) is 0 Å². The van der Waals surface area contributed by atoms with Crippen molar-refractivity contribution in [1.82, 2.24) is 24.7 Å². The molecular weight excluding hydrogens is 470 g/mol. The monoisotopic (exact) mass is 495 g/mol. The van der Waals surface area contributed by atoms with Crippen molar-refractivity contribution in [2.45, 2.75) is 52.3 Å². The third-order valence-electron chi connectivity index (χ3n) is 5.17. The number of aromatic nitrogens is 5. The van der Waals surface area contributed by atoms with Crippen LogP contribution in [0.3, 0.4) is 0 Å². The molecule has 4 aromatic rings.